The van der Waals surface area contributed by atoms with E-state index in [0.717, 1.165) is 37.7 Å². The van der Waals surface area contributed by atoms with Gasteiger partial charge in [-0.1, -0.05) is 19.1 Å². The van der Waals surface area contributed by atoms with E-state index in [2.05, 4.69) is 12.2 Å². The van der Waals surface area contributed by atoms with Crippen LogP contribution in [0.15, 0.2) is 24.3 Å². The molecule has 2 N–H and O–H groups in total. The van der Waals surface area contributed by atoms with Gasteiger partial charge in [-0.3, -0.25) is 10.1 Å². The van der Waals surface area contributed by atoms with Crippen LogP contribution in [-0.2, 0) is 0 Å². The number of nitrogens with zero attached hydrogens (tertiary/aromatic N) is 1. The Labute approximate surface area is 119 Å². The SMILES string of the molecule is CCC(NC1CCC(O)CC1)c1cccc([N+](=O)[O-])c1. The number of non-ortho nitro benzene ring substituents is 1. The van der Waals surface area contributed by atoms with Gasteiger partial charge in [0.25, 0.3) is 5.69 Å². The van der Waals surface area contributed by atoms with Crippen molar-refractivity contribution in [1.82, 2.24) is 5.32 Å². The highest BCUT2D eigenvalue weighted by molar-refractivity contribution is 5.35. The highest BCUT2D eigenvalue weighted by atomic mass is 16.6. The predicted molar refractivity (Wildman–Crippen MR) is 77.5 cm³/mol. The smallest absolute Gasteiger partial charge is 0.269 e. The van der Waals surface area contributed by atoms with Crippen LogP contribution in [-0.4, -0.2) is 22.2 Å². The summed E-state index contributed by atoms with van der Waals surface area (Å²) < 4.78 is 0. The highest BCUT2D eigenvalue weighted by Crippen LogP contribution is 2.25. The molecule has 0 radical (unpaired) electrons. The number of benzene rings is 1. The van der Waals surface area contributed by atoms with Gasteiger partial charge in [0.1, 0.15) is 0 Å². The first-order valence-electron chi connectivity index (χ1n) is 7.28. The molecule has 2 rings (SSSR count). The lowest BCUT2D eigenvalue weighted by molar-refractivity contribution is -0.384. The zero-order chi connectivity index (χ0) is 14.5. The zero-order valence-corrected chi connectivity index (χ0v) is 11.8. The Morgan fingerprint density at radius 3 is 2.70 bits per heavy atom. The van der Waals surface area contributed by atoms with E-state index < -0.39 is 0 Å². The minimum Gasteiger partial charge on any atom is -0.393 e. The summed E-state index contributed by atoms with van der Waals surface area (Å²) in [6.45, 7) is 2.08. The summed E-state index contributed by atoms with van der Waals surface area (Å²) in [5, 5.41) is 24.0. The Kier molecular flexibility index (Phi) is 5.09. The highest BCUT2D eigenvalue weighted by Gasteiger charge is 2.22. The molecule has 0 aliphatic heterocycles. The van der Waals surface area contributed by atoms with Gasteiger partial charge in [-0.05, 0) is 37.7 Å². The number of nitrogens with one attached hydrogen (secondary N) is 1. The molecule has 1 fully saturated rings. The van der Waals surface area contributed by atoms with Gasteiger partial charge >= 0.3 is 0 Å². The lowest BCUT2D eigenvalue weighted by Gasteiger charge is -2.30. The van der Waals surface area contributed by atoms with E-state index in [9.17, 15) is 15.2 Å². The van der Waals surface area contributed by atoms with Crippen molar-refractivity contribution >= 4 is 5.69 Å². The van der Waals surface area contributed by atoms with E-state index in [-0.39, 0.29) is 22.8 Å². The lowest BCUT2D eigenvalue weighted by Crippen LogP contribution is -2.36. The molecule has 0 aromatic heterocycles. The number of aliphatic hydroxyl groups excluding tert-OH is 1. The Hall–Kier alpha value is -1.46. The number of hydrogen-bond acceptors (Lipinski definition) is 4. The molecule has 0 amide bonds. The molecule has 1 saturated carbocycles. The molecule has 0 heterocycles. The van der Waals surface area contributed by atoms with Crippen LogP contribution < -0.4 is 5.32 Å². The van der Waals surface area contributed by atoms with E-state index in [1.165, 1.54) is 6.07 Å². The molecule has 1 aliphatic rings. The Balaban J connectivity index is 2.04. The number of aliphatic hydroxyl groups is 1. The first kappa shape index (κ1) is 14.9. The van der Waals surface area contributed by atoms with Crippen molar-refractivity contribution in [2.45, 2.75) is 57.2 Å². The van der Waals surface area contributed by atoms with Gasteiger partial charge < -0.3 is 10.4 Å². The Morgan fingerprint density at radius 2 is 2.10 bits per heavy atom. The summed E-state index contributed by atoms with van der Waals surface area (Å²) in [7, 11) is 0. The molecule has 1 aliphatic carbocycles. The molecule has 0 spiro atoms. The van der Waals surface area contributed by atoms with Crippen LogP contribution in [0.1, 0.15) is 50.6 Å². The third kappa shape index (κ3) is 3.77. The van der Waals surface area contributed by atoms with Gasteiger partial charge in [0.2, 0.25) is 0 Å². The first-order chi connectivity index (χ1) is 9.60. The van der Waals surface area contributed by atoms with Gasteiger partial charge in [-0.15, -0.1) is 0 Å². The number of nitro benzene ring substituents is 1. The molecule has 1 atom stereocenters. The maximum atomic E-state index is 10.8. The van der Waals surface area contributed by atoms with Crippen LogP contribution in [0.2, 0.25) is 0 Å². The van der Waals surface area contributed by atoms with Crippen LogP contribution in [0.5, 0.6) is 0 Å². The van der Waals surface area contributed by atoms with Crippen molar-refractivity contribution in [2.24, 2.45) is 0 Å². The molecule has 1 aromatic rings. The fourth-order valence-corrected chi connectivity index (χ4v) is 2.83. The molecular weight excluding hydrogens is 256 g/mol. The van der Waals surface area contributed by atoms with Crippen molar-refractivity contribution < 1.29 is 10.0 Å². The summed E-state index contributed by atoms with van der Waals surface area (Å²) in [5.74, 6) is 0. The quantitative estimate of drug-likeness (QED) is 0.641. The first-order valence-corrected chi connectivity index (χ1v) is 7.28. The standard InChI is InChI=1S/C15H22N2O3/c1-2-15(16-12-6-8-14(18)9-7-12)11-4-3-5-13(10-11)17(19)20/h3-5,10,12,14-16,18H,2,6-9H2,1H3. The molecule has 20 heavy (non-hydrogen) atoms. The number of rotatable bonds is 5. The van der Waals surface area contributed by atoms with Crippen molar-refractivity contribution in [2.75, 3.05) is 0 Å². The summed E-state index contributed by atoms with van der Waals surface area (Å²) in [6.07, 6.45) is 4.33. The van der Waals surface area contributed by atoms with Gasteiger partial charge in [0, 0.05) is 24.2 Å². The van der Waals surface area contributed by atoms with E-state index >= 15 is 0 Å². The molecule has 0 saturated heterocycles. The lowest BCUT2D eigenvalue weighted by atomic mass is 9.91. The van der Waals surface area contributed by atoms with E-state index in [0.29, 0.717) is 6.04 Å². The summed E-state index contributed by atoms with van der Waals surface area (Å²) in [5.41, 5.74) is 1.11. The topological polar surface area (TPSA) is 75.4 Å². The summed E-state index contributed by atoms with van der Waals surface area (Å²) in [6, 6.07) is 7.37. The van der Waals surface area contributed by atoms with Crippen molar-refractivity contribution in [1.29, 1.82) is 0 Å². The maximum Gasteiger partial charge on any atom is 0.269 e. The third-order valence-corrected chi connectivity index (χ3v) is 4.03. The maximum absolute atomic E-state index is 10.8. The number of hydrogen-bond donors (Lipinski definition) is 2. The molecule has 110 valence electrons. The average molecular weight is 278 g/mol. The van der Waals surface area contributed by atoms with Crippen LogP contribution in [0, 0.1) is 10.1 Å². The fraction of sp³-hybridized carbons (Fsp3) is 0.600. The average Bonchev–Trinajstić information content (AvgIpc) is 2.46. The molecule has 1 aromatic carbocycles. The minimum absolute atomic E-state index is 0.134. The molecular formula is C15H22N2O3. The number of nitro groups is 1. The molecule has 1 unspecified atom stereocenters. The van der Waals surface area contributed by atoms with Gasteiger partial charge in [0.15, 0.2) is 0 Å². The molecule has 5 nitrogen and oxygen atoms in total. The minimum atomic E-state index is -0.354. The van der Waals surface area contributed by atoms with Crippen LogP contribution in [0.3, 0.4) is 0 Å². The van der Waals surface area contributed by atoms with Crippen LogP contribution in [0.4, 0.5) is 5.69 Å². The van der Waals surface area contributed by atoms with E-state index in [4.69, 9.17) is 0 Å². The normalized spacial score (nSPS) is 24.3. The second kappa shape index (κ2) is 6.81. The monoisotopic (exact) mass is 278 g/mol. The molecule has 5 heteroatoms. The van der Waals surface area contributed by atoms with Gasteiger partial charge in [-0.25, -0.2) is 0 Å². The van der Waals surface area contributed by atoms with Crippen molar-refractivity contribution in [3.05, 3.63) is 39.9 Å². The molecule has 0 bridgehead atoms. The van der Waals surface area contributed by atoms with E-state index in [1.807, 2.05) is 6.07 Å². The van der Waals surface area contributed by atoms with Crippen LogP contribution >= 0.6 is 0 Å². The van der Waals surface area contributed by atoms with Crippen molar-refractivity contribution in [3.63, 3.8) is 0 Å². The second-order valence-corrected chi connectivity index (χ2v) is 5.49. The summed E-state index contributed by atoms with van der Waals surface area (Å²) in [4.78, 5) is 10.5. The van der Waals surface area contributed by atoms with Gasteiger partial charge in [-0.2, -0.15) is 0 Å². The largest absolute Gasteiger partial charge is 0.393 e. The van der Waals surface area contributed by atoms with Crippen LogP contribution in [0.25, 0.3) is 0 Å². The summed E-state index contributed by atoms with van der Waals surface area (Å²) >= 11 is 0. The Bertz CT molecular complexity index is 456. The Morgan fingerprint density at radius 1 is 1.40 bits per heavy atom. The second-order valence-electron chi connectivity index (χ2n) is 5.49. The van der Waals surface area contributed by atoms with E-state index in [1.54, 1.807) is 12.1 Å². The fourth-order valence-electron chi connectivity index (χ4n) is 2.83. The zero-order valence-electron chi connectivity index (χ0n) is 11.8. The van der Waals surface area contributed by atoms with Gasteiger partial charge in [0.05, 0.1) is 11.0 Å². The predicted octanol–water partition coefficient (Wildman–Crippen LogP) is 2.94. The third-order valence-electron chi connectivity index (χ3n) is 4.03. The van der Waals surface area contributed by atoms with Crippen molar-refractivity contribution in [3.8, 4) is 0 Å².